The van der Waals surface area contributed by atoms with Crippen molar-refractivity contribution in [2.45, 2.75) is 19.4 Å². The van der Waals surface area contributed by atoms with E-state index in [9.17, 15) is 4.79 Å². The van der Waals surface area contributed by atoms with Crippen LogP contribution in [0.1, 0.15) is 23.8 Å². The molecule has 1 aromatic heterocycles. The lowest BCUT2D eigenvalue weighted by atomic mass is 10.1. The van der Waals surface area contributed by atoms with Crippen LogP contribution in [-0.4, -0.2) is 51.2 Å². The van der Waals surface area contributed by atoms with Crippen molar-refractivity contribution in [3.05, 3.63) is 52.9 Å². The Hall–Kier alpha value is -2.18. The molecule has 0 radical (unpaired) electrons. The molecule has 2 N–H and O–H groups in total. The average molecular weight is 405 g/mol. The second-order valence-corrected chi connectivity index (χ2v) is 8.05. The lowest BCUT2D eigenvalue weighted by Gasteiger charge is -2.23. The Morgan fingerprint density at radius 2 is 2.18 bits per heavy atom. The van der Waals surface area contributed by atoms with Crippen LogP contribution in [0.2, 0.25) is 5.02 Å². The molecule has 0 saturated carbocycles. The Morgan fingerprint density at radius 3 is 2.89 bits per heavy atom. The summed E-state index contributed by atoms with van der Waals surface area (Å²) in [7, 11) is 3.94. The Kier molecular flexibility index (Phi) is 6.86. The summed E-state index contributed by atoms with van der Waals surface area (Å²) in [6.45, 7) is 5.16. The third-order valence-electron chi connectivity index (χ3n) is 5.30. The van der Waals surface area contributed by atoms with Gasteiger partial charge >= 0.3 is 6.03 Å². The Balaban J connectivity index is 1.44. The van der Waals surface area contributed by atoms with E-state index in [4.69, 9.17) is 16.0 Å². The summed E-state index contributed by atoms with van der Waals surface area (Å²) in [5, 5.41) is 6.72. The first-order chi connectivity index (χ1) is 13.4. The topological polar surface area (TPSA) is 60.8 Å². The van der Waals surface area contributed by atoms with Crippen LogP contribution in [-0.2, 0) is 0 Å². The molecule has 6 nitrogen and oxygen atoms in total. The summed E-state index contributed by atoms with van der Waals surface area (Å²) >= 11 is 6.15. The molecule has 152 valence electrons. The van der Waals surface area contributed by atoms with Gasteiger partial charge in [-0.05, 0) is 63.2 Å². The summed E-state index contributed by atoms with van der Waals surface area (Å²) in [5.74, 6) is 1.27. The second kappa shape index (κ2) is 9.34. The molecule has 2 atom stereocenters. The number of aryl methyl sites for hydroxylation is 1. The normalized spacial score (nSPS) is 17.8. The minimum atomic E-state index is -0.143. The van der Waals surface area contributed by atoms with Crippen LogP contribution in [0.4, 0.5) is 10.5 Å². The largest absolute Gasteiger partial charge is 0.468 e. The molecular weight excluding hydrogens is 376 g/mol. The van der Waals surface area contributed by atoms with Gasteiger partial charge in [0.1, 0.15) is 5.76 Å². The fourth-order valence-corrected chi connectivity index (χ4v) is 3.82. The van der Waals surface area contributed by atoms with Gasteiger partial charge in [0.15, 0.2) is 0 Å². The number of anilines is 1. The summed E-state index contributed by atoms with van der Waals surface area (Å²) in [6.07, 6.45) is 2.71. The van der Waals surface area contributed by atoms with Crippen LogP contribution in [0.15, 0.2) is 41.0 Å². The van der Waals surface area contributed by atoms with Crippen molar-refractivity contribution in [2.75, 3.05) is 45.2 Å². The fourth-order valence-electron chi connectivity index (χ4n) is 3.65. The van der Waals surface area contributed by atoms with Crippen molar-refractivity contribution < 1.29 is 9.21 Å². The van der Waals surface area contributed by atoms with E-state index in [1.54, 1.807) is 6.26 Å². The highest BCUT2D eigenvalue weighted by Gasteiger charge is 2.24. The summed E-state index contributed by atoms with van der Waals surface area (Å²) in [4.78, 5) is 16.6. The molecular formula is C21H29ClN4O2. The molecule has 1 fully saturated rings. The summed E-state index contributed by atoms with van der Waals surface area (Å²) in [6, 6.07) is 9.65. The van der Waals surface area contributed by atoms with E-state index in [0.29, 0.717) is 19.0 Å². The number of urea groups is 1. The number of hydrogen-bond donors (Lipinski definition) is 2. The van der Waals surface area contributed by atoms with E-state index < -0.39 is 0 Å². The van der Waals surface area contributed by atoms with Gasteiger partial charge in [-0.1, -0.05) is 17.7 Å². The number of likely N-dealkylation sites (N-methyl/N-ethyl adjacent to an activating group) is 1. The molecule has 0 bridgehead atoms. The number of rotatable bonds is 7. The number of nitrogens with zero attached hydrogens (tertiary/aromatic N) is 2. The van der Waals surface area contributed by atoms with E-state index in [-0.39, 0.29) is 12.1 Å². The van der Waals surface area contributed by atoms with E-state index in [1.165, 1.54) is 11.3 Å². The van der Waals surface area contributed by atoms with Crippen LogP contribution in [0.25, 0.3) is 0 Å². The standard InChI is InChI=1S/C21H29ClN4O2/c1-15-6-7-17(22)11-18(15)26-9-8-16(14-26)12-23-21(27)24-13-19(25(2)3)20-5-4-10-28-20/h4-7,10-11,16,19H,8-9,12-14H2,1-3H3,(H2,23,24,27). The summed E-state index contributed by atoms with van der Waals surface area (Å²) in [5.41, 5.74) is 2.41. The number of carbonyl (C=O) groups is 1. The maximum atomic E-state index is 12.2. The van der Waals surface area contributed by atoms with Gasteiger partial charge < -0.3 is 20.0 Å². The number of amides is 2. The van der Waals surface area contributed by atoms with Crippen LogP contribution < -0.4 is 15.5 Å². The van der Waals surface area contributed by atoms with Gasteiger partial charge in [-0.2, -0.15) is 0 Å². The van der Waals surface area contributed by atoms with E-state index in [1.807, 2.05) is 43.3 Å². The molecule has 2 heterocycles. The van der Waals surface area contributed by atoms with E-state index in [0.717, 1.165) is 30.3 Å². The van der Waals surface area contributed by atoms with Gasteiger partial charge in [-0.25, -0.2) is 4.79 Å². The lowest BCUT2D eigenvalue weighted by molar-refractivity contribution is 0.224. The minimum absolute atomic E-state index is 0.00789. The quantitative estimate of drug-likeness (QED) is 0.739. The number of halogens is 1. The molecule has 1 aromatic carbocycles. The molecule has 0 aliphatic carbocycles. The molecule has 2 aromatic rings. The molecule has 2 unspecified atom stereocenters. The number of nitrogens with one attached hydrogen (secondary N) is 2. The summed E-state index contributed by atoms with van der Waals surface area (Å²) < 4.78 is 5.47. The van der Waals surface area contributed by atoms with Crippen LogP contribution in [0.3, 0.4) is 0 Å². The molecule has 1 aliphatic heterocycles. The number of hydrogen-bond acceptors (Lipinski definition) is 4. The van der Waals surface area contributed by atoms with Gasteiger partial charge in [0.25, 0.3) is 0 Å². The van der Waals surface area contributed by atoms with E-state index in [2.05, 4.69) is 28.5 Å². The highest BCUT2D eigenvalue weighted by molar-refractivity contribution is 6.30. The zero-order valence-corrected chi connectivity index (χ0v) is 17.5. The van der Waals surface area contributed by atoms with Gasteiger partial charge in [0, 0.05) is 36.9 Å². The number of benzene rings is 1. The maximum absolute atomic E-state index is 12.2. The van der Waals surface area contributed by atoms with Crippen LogP contribution in [0, 0.1) is 12.8 Å². The zero-order chi connectivity index (χ0) is 20.1. The predicted molar refractivity (Wildman–Crippen MR) is 113 cm³/mol. The highest BCUT2D eigenvalue weighted by Crippen LogP contribution is 2.29. The number of furan rings is 1. The monoisotopic (exact) mass is 404 g/mol. The van der Waals surface area contributed by atoms with Gasteiger partial charge in [-0.15, -0.1) is 0 Å². The maximum Gasteiger partial charge on any atom is 0.314 e. The second-order valence-electron chi connectivity index (χ2n) is 7.62. The molecule has 28 heavy (non-hydrogen) atoms. The smallest absolute Gasteiger partial charge is 0.314 e. The first-order valence-corrected chi connectivity index (χ1v) is 10.0. The SMILES string of the molecule is Cc1ccc(Cl)cc1N1CCC(CNC(=O)NCC(c2ccco2)N(C)C)C1. The molecule has 2 amide bonds. The fraction of sp³-hybridized carbons (Fsp3) is 0.476. The average Bonchev–Trinajstić information content (AvgIpc) is 3.34. The minimum Gasteiger partial charge on any atom is -0.468 e. The van der Waals surface area contributed by atoms with Crippen molar-refractivity contribution in [3.63, 3.8) is 0 Å². The lowest BCUT2D eigenvalue weighted by Crippen LogP contribution is -2.42. The van der Waals surface area contributed by atoms with Crippen molar-refractivity contribution in [1.29, 1.82) is 0 Å². The third kappa shape index (κ3) is 5.20. The third-order valence-corrected chi connectivity index (χ3v) is 5.54. The van der Waals surface area contributed by atoms with Crippen LogP contribution in [0.5, 0.6) is 0 Å². The first kappa shape index (κ1) is 20.6. The van der Waals surface area contributed by atoms with Gasteiger partial charge in [-0.3, -0.25) is 4.90 Å². The number of carbonyl (C=O) groups excluding carboxylic acids is 1. The van der Waals surface area contributed by atoms with Crippen LogP contribution >= 0.6 is 11.6 Å². The Morgan fingerprint density at radius 1 is 1.36 bits per heavy atom. The Bertz CT molecular complexity index is 779. The van der Waals surface area contributed by atoms with E-state index >= 15 is 0 Å². The Labute approximate surface area is 171 Å². The zero-order valence-electron chi connectivity index (χ0n) is 16.7. The van der Waals surface area contributed by atoms with Crippen molar-refractivity contribution in [2.24, 2.45) is 5.92 Å². The van der Waals surface area contributed by atoms with Crippen molar-refractivity contribution in [1.82, 2.24) is 15.5 Å². The van der Waals surface area contributed by atoms with Gasteiger partial charge in [0.2, 0.25) is 0 Å². The van der Waals surface area contributed by atoms with Crippen molar-refractivity contribution in [3.8, 4) is 0 Å². The van der Waals surface area contributed by atoms with Gasteiger partial charge in [0.05, 0.1) is 12.3 Å². The molecule has 7 heteroatoms. The molecule has 1 saturated heterocycles. The molecule has 1 aliphatic rings. The predicted octanol–water partition coefficient (Wildman–Crippen LogP) is 3.67. The first-order valence-electron chi connectivity index (χ1n) is 9.66. The van der Waals surface area contributed by atoms with Crippen molar-refractivity contribution >= 4 is 23.3 Å². The highest BCUT2D eigenvalue weighted by atomic mass is 35.5. The molecule has 3 rings (SSSR count). The molecule has 0 spiro atoms.